The lowest BCUT2D eigenvalue weighted by Gasteiger charge is -2.08. The first-order valence-electron chi connectivity index (χ1n) is 5.95. The van der Waals surface area contributed by atoms with Crippen molar-refractivity contribution < 1.29 is 9.59 Å². The van der Waals surface area contributed by atoms with E-state index in [1.807, 2.05) is 0 Å². The molecule has 0 bridgehead atoms. The SMILES string of the molecule is CC(=O)c1ccc(NC(=O)c2cc(Br)ccc2N)cc1. The third-order valence-corrected chi connectivity index (χ3v) is 3.30. The van der Waals surface area contributed by atoms with E-state index in [0.717, 1.165) is 4.47 Å². The van der Waals surface area contributed by atoms with Crippen LogP contribution in [0.5, 0.6) is 0 Å². The Bertz CT molecular complexity index is 666. The number of carbonyl (C=O) groups excluding carboxylic acids is 2. The maximum atomic E-state index is 12.1. The van der Waals surface area contributed by atoms with Crippen molar-refractivity contribution in [2.24, 2.45) is 0 Å². The van der Waals surface area contributed by atoms with Crippen molar-refractivity contribution >= 4 is 39.0 Å². The highest BCUT2D eigenvalue weighted by atomic mass is 79.9. The predicted molar refractivity (Wildman–Crippen MR) is 83.0 cm³/mol. The summed E-state index contributed by atoms with van der Waals surface area (Å²) in [5, 5.41) is 2.74. The number of nitrogen functional groups attached to an aromatic ring is 1. The number of nitrogens with one attached hydrogen (secondary N) is 1. The first kappa shape index (κ1) is 14.3. The third-order valence-electron chi connectivity index (χ3n) is 2.81. The van der Waals surface area contributed by atoms with Crippen LogP contribution in [0.4, 0.5) is 11.4 Å². The van der Waals surface area contributed by atoms with Gasteiger partial charge in [0, 0.05) is 21.4 Å². The van der Waals surface area contributed by atoms with Crippen LogP contribution in [-0.2, 0) is 0 Å². The average molecular weight is 333 g/mol. The lowest BCUT2D eigenvalue weighted by atomic mass is 10.1. The number of anilines is 2. The van der Waals surface area contributed by atoms with Crippen molar-refractivity contribution in [3.63, 3.8) is 0 Å². The van der Waals surface area contributed by atoms with Gasteiger partial charge in [-0.3, -0.25) is 9.59 Å². The van der Waals surface area contributed by atoms with Crippen LogP contribution < -0.4 is 11.1 Å². The van der Waals surface area contributed by atoms with Crippen LogP contribution in [-0.4, -0.2) is 11.7 Å². The Morgan fingerprint density at radius 3 is 2.35 bits per heavy atom. The summed E-state index contributed by atoms with van der Waals surface area (Å²) < 4.78 is 0.781. The molecule has 0 radical (unpaired) electrons. The van der Waals surface area contributed by atoms with E-state index in [1.165, 1.54) is 6.92 Å². The molecule has 0 aromatic heterocycles. The van der Waals surface area contributed by atoms with E-state index in [4.69, 9.17) is 5.73 Å². The normalized spacial score (nSPS) is 10.1. The molecule has 0 fully saturated rings. The molecule has 0 heterocycles. The summed E-state index contributed by atoms with van der Waals surface area (Å²) in [6.45, 7) is 1.50. The molecule has 2 rings (SSSR count). The molecule has 0 spiro atoms. The lowest BCUT2D eigenvalue weighted by molar-refractivity contribution is 0.101. The average Bonchev–Trinajstić information content (AvgIpc) is 2.42. The maximum absolute atomic E-state index is 12.1. The summed E-state index contributed by atoms with van der Waals surface area (Å²) in [7, 11) is 0. The molecule has 4 nitrogen and oxygen atoms in total. The van der Waals surface area contributed by atoms with E-state index >= 15 is 0 Å². The van der Waals surface area contributed by atoms with Crippen LogP contribution >= 0.6 is 15.9 Å². The largest absolute Gasteiger partial charge is 0.398 e. The van der Waals surface area contributed by atoms with Crippen LogP contribution in [0.25, 0.3) is 0 Å². The zero-order chi connectivity index (χ0) is 14.7. The second-order valence-electron chi connectivity index (χ2n) is 4.32. The van der Waals surface area contributed by atoms with Gasteiger partial charge in [-0.25, -0.2) is 0 Å². The van der Waals surface area contributed by atoms with Crippen molar-refractivity contribution in [2.45, 2.75) is 6.92 Å². The van der Waals surface area contributed by atoms with Gasteiger partial charge in [0.15, 0.2) is 5.78 Å². The third kappa shape index (κ3) is 3.24. The van der Waals surface area contributed by atoms with Crippen LogP contribution in [0.15, 0.2) is 46.9 Å². The number of amides is 1. The van der Waals surface area contributed by atoms with Crippen molar-refractivity contribution in [2.75, 3.05) is 11.1 Å². The standard InChI is InChI=1S/C15H13BrN2O2/c1-9(19)10-2-5-12(6-3-10)18-15(20)13-8-11(16)4-7-14(13)17/h2-8H,17H2,1H3,(H,18,20). The molecule has 2 aromatic rings. The Kier molecular flexibility index (Phi) is 4.20. The summed E-state index contributed by atoms with van der Waals surface area (Å²) in [6, 6.07) is 11.8. The number of Topliss-reactive ketones (excluding diaryl/α,β-unsaturated/α-hetero) is 1. The fourth-order valence-corrected chi connectivity index (χ4v) is 2.07. The zero-order valence-electron chi connectivity index (χ0n) is 10.8. The Balaban J connectivity index is 2.19. The summed E-state index contributed by atoms with van der Waals surface area (Å²) in [4.78, 5) is 23.3. The summed E-state index contributed by atoms with van der Waals surface area (Å²) in [5.41, 5.74) is 7.80. The number of hydrogen-bond acceptors (Lipinski definition) is 3. The van der Waals surface area contributed by atoms with Gasteiger partial charge in [0.25, 0.3) is 5.91 Å². The van der Waals surface area contributed by atoms with E-state index in [2.05, 4.69) is 21.2 Å². The quantitative estimate of drug-likeness (QED) is 0.667. The van der Waals surface area contributed by atoms with Gasteiger partial charge in [-0.2, -0.15) is 0 Å². The lowest BCUT2D eigenvalue weighted by Crippen LogP contribution is -2.14. The van der Waals surface area contributed by atoms with E-state index in [9.17, 15) is 9.59 Å². The van der Waals surface area contributed by atoms with Crippen molar-refractivity contribution in [3.05, 3.63) is 58.1 Å². The maximum Gasteiger partial charge on any atom is 0.257 e. The van der Waals surface area contributed by atoms with Gasteiger partial charge in [0.1, 0.15) is 0 Å². The number of ketones is 1. The smallest absolute Gasteiger partial charge is 0.257 e. The van der Waals surface area contributed by atoms with Crippen LogP contribution in [0.2, 0.25) is 0 Å². The summed E-state index contributed by atoms with van der Waals surface area (Å²) in [6.07, 6.45) is 0. The molecule has 0 aliphatic heterocycles. The summed E-state index contributed by atoms with van der Waals surface area (Å²) >= 11 is 3.30. The predicted octanol–water partition coefficient (Wildman–Crippen LogP) is 3.49. The number of benzene rings is 2. The molecule has 0 saturated heterocycles. The highest BCUT2D eigenvalue weighted by molar-refractivity contribution is 9.10. The molecule has 0 saturated carbocycles. The van der Waals surface area contributed by atoms with E-state index in [-0.39, 0.29) is 11.7 Å². The minimum atomic E-state index is -0.292. The Hall–Kier alpha value is -2.14. The number of nitrogens with two attached hydrogens (primary N) is 1. The van der Waals surface area contributed by atoms with Crippen molar-refractivity contribution in [3.8, 4) is 0 Å². The van der Waals surface area contributed by atoms with Gasteiger partial charge in [0.05, 0.1) is 5.56 Å². The molecule has 2 aromatic carbocycles. The molecule has 0 aliphatic rings. The highest BCUT2D eigenvalue weighted by Gasteiger charge is 2.10. The fourth-order valence-electron chi connectivity index (χ4n) is 1.71. The van der Waals surface area contributed by atoms with Crippen LogP contribution in [0.3, 0.4) is 0 Å². The van der Waals surface area contributed by atoms with Gasteiger partial charge in [-0.1, -0.05) is 15.9 Å². The van der Waals surface area contributed by atoms with Crippen molar-refractivity contribution in [1.82, 2.24) is 0 Å². The number of hydrogen-bond donors (Lipinski definition) is 2. The van der Waals surface area contributed by atoms with E-state index in [1.54, 1.807) is 42.5 Å². The topological polar surface area (TPSA) is 72.2 Å². The summed E-state index contributed by atoms with van der Waals surface area (Å²) in [5.74, 6) is -0.307. The minimum absolute atomic E-state index is 0.0147. The number of halogens is 1. The molecule has 102 valence electrons. The van der Waals surface area contributed by atoms with Crippen LogP contribution in [0.1, 0.15) is 27.6 Å². The second kappa shape index (κ2) is 5.88. The van der Waals surface area contributed by atoms with E-state index < -0.39 is 0 Å². The monoisotopic (exact) mass is 332 g/mol. The number of rotatable bonds is 3. The first-order valence-corrected chi connectivity index (χ1v) is 6.74. The molecule has 0 unspecified atom stereocenters. The molecule has 0 atom stereocenters. The Morgan fingerprint density at radius 2 is 1.75 bits per heavy atom. The second-order valence-corrected chi connectivity index (χ2v) is 5.23. The van der Waals surface area contributed by atoms with Crippen LogP contribution in [0, 0.1) is 0 Å². The van der Waals surface area contributed by atoms with Gasteiger partial charge in [-0.05, 0) is 49.4 Å². The van der Waals surface area contributed by atoms with E-state index in [0.29, 0.717) is 22.5 Å². The van der Waals surface area contributed by atoms with Gasteiger partial charge in [0.2, 0.25) is 0 Å². The number of carbonyl (C=O) groups is 2. The minimum Gasteiger partial charge on any atom is -0.398 e. The highest BCUT2D eigenvalue weighted by Crippen LogP contribution is 2.20. The van der Waals surface area contributed by atoms with Gasteiger partial charge >= 0.3 is 0 Å². The molecular formula is C15H13BrN2O2. The molecule has 1 amide bonds. The molecule has 20 heavy (non-hydrogen) atoms. The first-order chi connectivity index (χ1) is 9.47. The molecule has 0 aliphatic carbocycles. The van der Waals surface area contributed by atoms with Gasteiger partial charge in [-0.15, -0.1) is 0 Å². The molecular weight excluding hydrogens is 320 g/mol. The van der Waals surface area contributed by atoms with Gasteiger partial charge < -0.3 is 11.1 Å². The Labute approximate surface area is 125 Å². The molecule has 3 N–H and O–H groups in total. The zero-order valence-corrected chi connectivity index (χ0v) is 12.4. The van der Waals surface area contributed by atoms with Crippen molar-refractivity contribution in [1.29, 1.82) is 0 Å². The Morgan fingerprint density at radius 1 is 1.10 bits per heavy atom. The molecule has 5 heteroatoms. The fraction of sp³-hybridized carbons (Fsp3) is 0.0667.